The Balaban J connectivity index is 0.000000219. The number of hydrogen-bond donors (Lipinski definition) is 1. The van der Waals surface area contributed by atoms with Gasteiger partial charge in [-0.2, -0.15) is 0 Å². The molecule has 0 radical (unpaired) electrons. The number of phenolic OH excluding ortho intramolecular Hbond substituents is 1. The molecule has 0 aromatic heterocycles. The number of ether oxygens (including phenoxy) is 1. The maximum atomic E-state index is 8.88. The van der Waals surface area contributed by atoms with Gasteiger partial charge in [0.25, 0.3) is 0 Å². The van der Waals surface area contributed by atoms with Gasteiger partial charge in [0.15, 0.2) is 0 Å². The van der Waals surface area contributed by atoms with E-state index in [0.29, 0.717) is 25.8 Å². The molecule has 0 aliphatic rings. The summed E-state index contributed by atoms with van der Waals surface area (Å²) < 4.78 is 5.11. The predicted octanol–water partition coefficient (Wildman–Crippen LogP) is 5.70. The summed E-state index contributed by atoms with van der Waals surface area (Å²) in [5, 5.41) is 10.8. The Morgan fingerprint density at radius 3 is 2.05 bits per heavy atom. The van der Waals surface area contributed by atoms with Crippen molar-refractivity contribution in [2.45, 2.75) is 0 Å². The van der Waals surface area contributed by atoms with E-state index in [1.165, 1.54) is 6.07 Å². The van der Waals surface area contributed by atoms with Crippen LogP contribution in [0.4, 0.5) is 0 Å². The number of phenols is 1. The van der Waals surface area contributed by atoms with Crippen molar-refractivity contribution >= 4 is 46.4 Å². The van der Waals surface area contributed by atoms with Gasteiger partial charge in [-0.15, -0.1) is 6.42 Å². The molecule has 1 N–H and O–H groups in total. The van der Waals surface area contributed by atoms with Crippen LogP contribution in [0.5, 0.6) is 11.5 Å². The van der Waals surface area contributed by atoms with E-state index in [2.05, 4.69) is 5.92 Å². The van der Waals surface area contributed by atoms with Crippen LogP contribution in [0.15, 0.2) is 36.4 Å². The molecule has 0 saturated carbocycles. The molecule has 6 heteroatoms. The molecule has 0 saturated heterocycles. The van der Waals surface area contributed by atoms with Gasteiger partial charge in [-0.05, 0) is 24.3 Å². The monoisotopic (exact) mass is 362 g/mol. The standard InChI is InChI=1S/C9H6Cl2O.C6H4Cl2O/c1-2-5-12-9-6-7(10)3-4-8(9)11;7-4-1-2-5(8)6(9)3-4/h1,3-4,6H,5H2;1-3,9H. The highest BCUT2D eigenvalue weighted by molar-refractivity contribution is 6.34. The lowest BCUT2D eigenvalue weighted by molar-refractivity contribution is 0.370. The zero-order valence-corrected chi connectivity index (χ0v) is 13.6. The van der Waals surface area contributed by atoms with Gasteiger partial charge in [-0.1, -0.05) is 52.3 Å². The fourth-order valence-electron chi connectivity index (χ4n) is 1.19. The highest BCUT2D eigenvalue weighted by atomic mass is 35.5. The van der Waals surface area contributed by atoms with Crippen molar-refractivity contribution in [1.82, 2.24) is 0 Å². The summed E-state index contributed by atoms with van der Waals surface area (Å²) in [5.74, 6) is 2.87. The van der Waals surface area contributed by atoms with Crippen LogP contribution in [-0.2, 0) is 0 Å². The molecule has 110 valence electrons. The van der Waals surface area contributed by atoms with Crippen molar-refractivity contribution in [2.75, 3.05) is 6.61 Å². The third kappa shape index (κ3) is 6.37. The van der Waals surface area contributed by atoms with E-state index in [0.717, 1.165) is 0 Å². The van der Waals surface area contributed by atoms with Crippen LogP contribution >= 0.6 is 46.4 Å². The summed E-state index contributed by atoms with van der Waals surface area (Å²) in [4.78, 5) is 0. The molecule has 0 heterocycles. The minimum Gasteiger partial charge on any atom is -0.506 e. The second kappa shape index (κ2) is 8.92. The molecule has 21 heavy (non-hydrogen) atoms. The third-order valence-electron chi connectivity index (χ3n) is 2.11. The predicted molar refractivity (Wildman–Crippen MR) is 88.9 cm³/mol. The summed E-state index contributed by atoms with van der Waals surface area (Å²) >= 11 is 22.5. The van der Waals surface area contributed by atoms with Crippen LogP contribution in [-0.4, -0.2) is 11.7 Å². The summed E-state index contributed by atoms with van der Waals surface area (Å²) in [7, 11) is 0. The van der Waals surface area contributed by atoms with E-state index in [1.54, 1.807) is 30.3 Å². The molecule has 0 amide bonds. The number of hydrogen-bond acceptors (Lipinski definition) is 2. The molecule has 0 aliphatic heterocycles. The van der Waals surface area contributed by atoms with Crippen molar-refractivity contribution in [2.24, 2.45) is 0 Å². The van der Waals surface area contributed by atoms with E-state index >= 15 is 0 Å². The molecule has 0 bridgehead atoms. The quantitative estimate of drug-likeness (QED) is 0.693. The number of benzene rings is 2. The zero-order chi connectivity index (χ0) is 15.8. The topological polar surface area (TPSA) is 29.5 Å². The van der Waals surface area contributed by atoms with Crippen LogP contribution in [0.2, 0.25) is 20.1 Å². The SMILES string of the molecule is C#CCOc1cc(Cl)ccc1Cl.Oc1cc(Cl)ccc1Cl. The Morgan fingerprint density at radius 1 is 0.952 bits per heavy atom. The Morgan fingerprint density at radius 2 is 1.52 bits per heavy atom. The van der Waals surface area contributed by atoms with Crippen LogP contribution < -0.4 is 4.74 Å². The molecule has 2 nitrogen and oxygen atoms in total. The molecule has 2 aromatic carbocycles. The van der Waals surface area contributed by atoms with Crippen molar-refractivity contribution in [1.29, 1.82) is 0 Å². The van der Waals surface area contributed by atoms with E-state index < -0.39 is 0 Å². The van der Waals surface area contributed by atoms with E-state index in [4.69, 9.17) is 62.7 Å². The second-order valence-corrected chi connectivity index (χ2v) is 5.35. The van der Waals surface area contributed by atoms with Crippen LogP contribution in [0.1, 0.15) is 0 Å². The molecule has 2 rings (SSSR count). The average molecular weight is 364 g/mol. The lowest BCUT2D eigenvalue weighted by Crippen LogP contribution is -1.93. The smallest absolute Gasteiger partial charge is 0.148 e. The molecular weight excluding hydrogens is 354 g/mol. The Hall–Kier alpha value is -1.24. The maximum Gasteiger partial charge on any atom is 0.148 e. The number of terminal acetylenes is 1. The van der Waals surface area contributed by atoms with Gasteiger partial charge >= 0.3 is 0 Å². The van der Waals surface area contributed by atoms with Gasteiger partial charge in [0, 0.05) is 22.2 Å². The number of halogens is 4. The molecule has 0 spiro atoms. The van der Waals surface area contributed by atoms with Gasteiger partial charge in [0.05, 0.1) is 10.0 Å². The number of rotatable bonds is 2. The molecule has 2 aromatic rings. The fourth-order valence-corrected chi connectivity index (χ4v) is 1.81. The van der Waals surface area contributed by atoms with Crippen LogP contribution in [0, 0.1) is 12.3 Å². The van der Waals surface area contributed by atoms with E-state index in [-0.39, 0.29) is 12.4 Å². The normalized spacial score (nSPS) is 9.29. The van der Waals surface area contributed by atoms with Crippen molar-refractivity contribution in [3.05, 3.63) is 56.5 Å². The van der Waals surface area contributed by atoms with E-state index in [9.17, 15) is 0 Å². The van der Waals surface area contributed by atoms with Gasteiger partial charge in [-0.25, -0.2) is 0 Å². The lowest BCUT2D eigenvalue weighted by atomic mass is 10.3. The van der Waals surface area contributed by atoms with Crippen molar-refractivity contribution < 1.29 is 9.84 Å². The highest BCUT2D eigenvalue weighted by Crippen LogP contribution is 2.27. The van der Waals surface area contributed by atoms with Gasteiger partial charge in [0.2, 0.25) is 0 Å². The van der Waals surface area contributed by atoms with Gasteiger partial charge in [-0.3, -0.25) is 0 Å². The number of aromatic hydroxyl groups is 1. The van der Waals surface area contributed by atoms with Crippen LogP contribution in [0.3, 0.4) is 0 Å². The Bertz CT molecular complexity index is 651. The molecule has 0 fully saturated rings. The summed E-state index contributed by atoms with van der Waals surface area (Å²) in [6, 6.07) is 9.52. The van der Waals surface area contributed by atoms with Crippen LogP contribution in [0.25, 0.3) is 0 Å². The highest BCUT2D eigenvalue weighted by Gasteiger charge is 2.00. The Labute approximate surface area is 143 Å². The van der Waals surface area contributed by atoms with E-state index in [1.807, 2.05) is 0 Å². The zero-order valence-electron chi connectivity index (χ0n) is 10.6. The first kappa shape index (κ1) is 17.8. The molecule has 0 unspecified atom stereocenters. The Kier molecular flexibility index (Phi) is 7.56. The molecular formula is C15H10Cl4O2. The first-order chi connectivity index (χ1) is 9.93. The van der Waals surface area contributed by atoms with Gasteiger partial charge < -0.3 is 9.84 Å². The maximum absolute atomic E-state index is 8.88. The first-order valence-corrected chi connectivity index (χ1v) is 7.10. The summed E-state index contributed by atoms with van der Waals surface area (Å²) in [6.45, 7) is 0.195. The lowest BCUT2D eigenvalue weighted by Gasteiger charge is -2.03. The fraction of sp³-hybridized carbons (Fsp3) is 0.0667. The minimum absolute atomic E-state index is 0.0177. The van der Waals surface area contributed by atoms with Crippen molar-refractivity contribution in [3.63, 3.8) is 0 Å². The average Bonchev–Trinajstić information content (AvgIpc) is 2.45. The summed E-state index contributed by atoms with van der Waals surface area (Å²) in [6.07, 6.45) is 5.01. The van der Waals surface area contributed by atoms with Gasteiger partial charge in [0.1, 0.15) is 18.1 Å². The summed E-state index contributed by atoms with van der Waals surface area (Å²) in [5.41, 5.74) is 0. The first-order valence-electron chi connectivity index (χ1n) is 5.59. The largest absolute Gasteiger partial charge is 0.506 e. The van der Waals surface area contributed by atoms with Crippen molar-refractivity contribution in [3.8, 4) is 23.8 Å². The molecule has 0 atom stereocenters. The second-order valence-electron chi connectivity index (χ2n) is 3.66. The third-order valence-corrected chi connectivity index (χ3v) is 3.21. The molecule has 0 aliphatic carbocycles. The minimum atomic E-state index is 0.0177.